The minimum Gasteiger partial charge on any atom is -0.461 e. The first-order chi connectivity index (χ1) is 12.6. The highest BCUT2D eigenvalue weighted by Crippen LogP contribution is 2.34. The zero-order valence-electron chi connectivity index (χ0n) is 14.4. The predicted molar refractivity (Wildman–Crippen MR) is 99.2 cm³/mol. The lowest BCUT2D eigenvalue weighted by molar-refractivity contribution is 0.0519. The Balaban J connectivity index is 1.81. The van der Waals surface area contributed by atoms with Gasteiger partial charge in [0.1, 0.15) is 0 Å². The molecule has 0 radical (unpaired) electrons. The van der Waals surface area contributed by atoms with E-state index in [9.17, 15) is 10.1 Å². The van der Waals surface area contributed by atoms with Gasteiger partial charge in [0, 0.05) is 29.1 Å². The molecule has 26 heavy (non-hydrogen) atoms. The van der Waals surface area contributed by atoms with Crippen LogP contribution in [0, 0.1) is 11.3 Å². The van der Waals surface area contributed by atoms with E-state index in [4.69, 9.17) is 10.5 Å². The molecule has 0 amide bonds. The summed E-state index contributed by atoms with van der Waals surface area (Å²) >= 11 is 1.45. The second-order valence-electron chi connectivity index (χ2n) is 6.37. The highest BCUT2D eigenvalue weighted by Gasteiger charge is 2.27. The Morgan fingerprint density at radius 3 is 3.12 bits per heavy atom. The number of nitrogens with zero attached hydrogens (tertiary/aromatic N) is 3. The second-order valence-corrected chi connectivity index (χ2v) is 7.31. The maximum Gasteiger partial charge on any atom is 0.358 e. The first kappa shape index (κ1) is 16.8. The van der Waals surface area contributed by atoms with E-state index >= 15 is 0 Å². The van der Waals surface area contributed by atoms with Crippen molar-refractivity contribution in [2.24, 2.45) is 5.73 Å². The highest BCUT2D eigenvalue weighted by atomic mass is 32.1. The Morgan fingerprint density at radius 2 is 2.35 bits per heavy atom. The van der Waals surface area contributed by atoms with Crippen LogP contribution in [0.15, 0.2) is 23.7 Å². The molecular weight excluding hydrogens is 348 g/mol. The Labute approximate surface area is 154 Å². The average Bonchev–Trinajstić information content (AvgIpc) is 3.31. The van der Waals surface area contributed by atoms with Crippen molar-refractivity contribution in [3.8, 4) is 6.07 Å². The van der Waals surface area contributed by atoms with Crippen molar-refractivity contribution in [2.75, 3.05) is 6.61 Å². The molecule has 0 saturated carbocycles. The molecule has 3 aromatic rings. The Kier molecular flexibility index (Phi) is 4.23. The monoisotopic (exact) mass is 366 g/mol. The van der Waals surface area contributed by atoms with E-state index < -0.39 is 0 Å². The molecule has 2 aromatic heterocycles. The SMILES string of the molecule is CCOC(=O)c1ncsc1Cn1c2c(c3cc(C#N)ccc31)C[C@@H](N)C2. The van der Waals surface area contributed by atoms with Gasteiger partial charge >= 0.3 is 5.97 Å². The summed E-state index contributed by atoms with van der Waals surface area (Å²) in [4.78, 5) is 17.2. The van der Waals surface area contributed by atoms with Gasteiger partial charge in [0.05, 0.1) is 35.2 Å². The first-order valence-corrected chi connectivity index (χ1v) is 9.39. The highest BCUT2D eigenvalue weighted by molar-refractivity contribution is 7.09. The minimum atomic E-state index is -0.389. The van der Waals surface area contributed by atoms with Crippen LogP contribution in [-0.2, 0) is 24.1 Å². The van der Waals surface area contributed by atoms with Crippen molar-refractivity contribution < 1.29 is 9.53 Å². The summed E-state index contributed by atoms with van der Waals surface area (Å²) in [5.74, 6) is -0.389. The third kappa shape index (κ3) is 2.68. The maximum absolute atomic E-state index is 12.1. The molecule has 6 nitrogen and oxygen atoms in total. The van der Waals surface area contributed by atoms with Crippen molar-refractivity contribution in [1.29, 1.82) is 5.26 Å². The van der Waals surface area contributed by atoms with Crippen LogP contribution in [0.5, 0.6) is 0 Å². The number of rotatable bonds is 4. The predicted octanol–water partition coefficient (Wildman–Crippen LogP) is 2.62. The van der Waals surface area contributed by atoms with Gasteiger partial charge < -0.3 is 15.0 Å². The van der Waals surface area contributed by atoms with Crippen LogP contribution in [0.3, 0.4) is 0 Å². The molecule has 0 spiro atoms. The number of nitrogens with two attached hydrogens (primary N) is 1. The van der Waals surface area contributed by atoms with Crippen LogP contribution < -0.4 is 5.73 Å². The quantitative estimate of drug-likeness (QED) is 0.716. The fourth-order valence-electron chi connectivity index (χ4n) is 3.66. The minimum absolute atomic E-state index is 0.0902. The largest absolute Gasteiger partial charge is 0.461 e. The molecule has 2 heterocycles. The van der Waals surface area contributed by atoms with E-state index in [0.717, 1.165) is 28.6 Å². The molecule has 0 aliphatic heterocycles. The average molecular weight is 366 g/mol. The van der Waals surface area contributed by atoms with E-state index in [1.807, 2.05) is 18.2 Å². The summed E-state index contributed by atoms with van der Waals surface area (Å²) in [5.41, 5.74) is 12.3. The third-order valence-corrected chi connectivity index (χ3v) is 5.57. The fourth-order valence-corrected chi connectivity index (χ4v) is 4.40. The lowest BCUT2D eigenvalue weighted by Crippen LogP contribution is -2.20. The molecule has 1 aliphatic rings. The van der Waals surface area contributed by atoms with Gasteiger partial charge in [-0.2, -0.15) is 5.26 Å². The van der Waals surface area contributed by atoms with Crippen molar-refractivity contribution in [3.63, 3.8) is 0 Å². The molecule has 132 valence electrons. The van der Waals surface area contributed by atoms with Gasteiger partial charge in [-0.3, -0.25) is 0 Å². The van der Waals surface area contributed by atoms with E-state index in [1.54, 1.807) is 12.4 Å². The van der Waals surface area contributed by atoms with E-state index in [0.29, 0.717) is 24.4 Å². The Morgan fingerprint density at radius 1 is 1.50 bits per heavy atom. The molecule has 0 bridgehead atoms. The molecule has 1 atom stereocenters. The summed E-state index contributed by atoms with van der Waals surface area (Å²) in [6, 6.07) is 8.03. The maximum atomic E-state index is 12.1. The van der Waals surface area contributed by atoms with Gasteiger partial charge in [-0.1, -0.05) is 0 Å². The van der Waals surface area contributed by atoms with Gasteiger partial charge in [0.25, 0.3) is 0 Å². The lowest BCUT2D eigenvalue weighted by atomic mass is 10.1. The van der Waals surface area contributed by atoms with Gasteiger partial charge in [-0.15, -0.1) is 11.3 Å². The molecule has 0 fully saturated rings. The zero-order valence-corrected chi connectivity index (χ0v) is 15.2. The third-order valence-electron chi connectivity index (χ3n) is 4.75. The normalized spacial score (nSPS) is 15.8. The second kappa shape index (κ2) is 6.56. The zero-order chi connectivity index (χ0) is 18.3. The lowest BCUT2D eigenvalue weighted by Gasteiger charge is -2.11. The van der Waals surface area contributed by atoms with Crippen LogP contribution in [0.4, 0.5) is 0 Å². The van der Waals surface area contributed by atoms with Crippen molar-refractivity contribution >= 4 is 28.2 Å². The number of aromatic nitrogens is 2. The number of thiazole rings is 1. The summed E-state index contributed by atoms with van der Waals surface area (Å²) < 4.78 is 7.32. The number of nitriles is 1. The Bertz CT molecular complexity index is 1040. The molecular formula is C19H18N4O2S. The number of esters is 1. The van der Waals surface area contributed by atoms with Crippen LogP contribution in [0.1, 0.15) is 39.1 Å². The number of fused-ring (bicyclic) bond motifs is 3. The number of hydrogen-bond donors (Lipinski definition) is 1. The molecule has 7 heteroatoms. The molecule has 1 aliphatic carbocycles. The Hall–Kier alpha value is -2.69. The molecule has 4 rings (SSSR count). The van der Waals surface area contributed by atoms with E-state index in [1.165, 1.54) is 22.6 Å². The first-order valence-electron chi connectivity index (χ1n) is 8.51. The summed E-state index contributed by atoms with van der Waals surface area (Å²) in [6.45, 7) is 2.65. The van der Waals surface area contributed by atoms with Crippen molar-refractivity contribution in [2.45, 2.75) is 32.4 Å². The number of ether oxygens (including phenoxy) is 1. The topological polar surface area (TPSA) is 93.9 Å². The molecule has 1 aromatic carbocycles. The van der Waals surface area contributed by atoms with E-state index in [-0.39, 0.29) is 12.0 Å². The van der Waals surface area contributed by atoms with Crippen molar-refractivity contribution in [1.82, 2.24) is 9.55 Å². The van der Waals surface area contributed by atoms with E-state index in [2.05, 4.69) is 15.6 Å². The smallest absolute Gasteiger partial charge is 0.358 e. The number of benzene rings is 1. The summed E-state index contributed by atoms with van der Waals surface area (Å²) in [6.07, 6.45) is 1.60. The van der Waals surface area contributed by atoms with Crippen molar-refractivity contribution in [3.05, 3.63) is 51.1 Å². The number of carbonyl (C=O) groups excluding carboxylic acids is 1. The van der Waals surface area contributed by atoms with Crippen LogP contribution in [0.2, 0.25) is 0 Å². The van der Waals surface area contributed by atoms with Gasteiger partial charge in [0.2, 0.25) is 0 Å². The number of carbonyl (C=O) groups is 1. The van der Waals surface area contributed by atoms with Crippen LogP contribution in [0.25, 0.3) is 10.9 Å². The molecule has 0 unspecified atom stereocenters. The number of hydrogen-bond acceptors (Lipinski definition) is 6. The summed E-state index contributed by atoms with van der Waals surface area (Å²) in [7, 11) is 0. The van der Waals surface area contributed by atoms with Gasteiger partial charge in [-0.05, 0) is 37.1 Å². The summed E-state index contributed by atoms with van der Waals surface area (Å²) in [5, 5.41) is 10.3. The van der Waals surface area contributed by atoms with Gasteiger partial charge in [0.15, 0.2) is 5.69 Å². The fraction of sp³-hybridized carbons (Fsp3) is 0.316. The molecule has 2 N–H and O–H groups in total. The standard InChI is InChI=1S/C19H18N4O2S/c1-2-25-19(24)18-17(26-10-22-18)9-23-15-4-3-11(8-20)5-13(15)14-6-12(21)7-16(14)23/h3-5,10,12H,2,6-7,9,21H2,1H3/t12-/m1/s1. The van der Waals surface area contributed by atoms with Crippen LogP contribution >= 0.6 is 11.3 Å². The van der Waals surface area contributed by atoms with Gasteiger partial charge in [-0.25, -0.2) is 9.78 Å². The molecule has 0 saturated heterocycles. The van der Waals surface area contributed by atoms with Crippen LogP contribution in [-0.4, -0.2) is 28.2 Å².